The number of carbonyl (C=O) groups is 3. The first-order valence-corrected chi connectivity index (χ1v) is 11.1. The molecule has 0 aromatic heterocycles. The van der Waals surface area contributed by atoms with E-state index in [0.717, 1.165) is 27.2 Å². The zero-order valence-corrected chi connectivity index (χ0v) is 18.5. The van der Waals surface area contributed by atoms with E-state index in [9.17, 15) is 24.5 Å². The minimum atomic E-state index is -1.29. The molecule has 1 heterocycles. The standard InChI is InChI=1S/C27H20N2O5/c1-14-11-12-16(29(33)34)13-21(14)28-25(31)23-22-17-7-3-5-9-19(17)27(15(2)30,24(23)26(28)32)20-10-6-4-8-18(20)22/h3-13,22-24H,1-2H3/t22?,23-,24-,27?/m1/s1. The number of nitro groups is 1. The average Bonchev–Trinajstić information content (AvgIpc) is 3.10. The number of amides is 2. The summed E-state index contributed by atoms with van der Waals surface area (Å²) in [6.45, 7) is 3.19. The van der Waals surface area contributed by atoms with Gasteiger partial charge in [0, 0.05) is 18.1 Å². The number of nitro benzene ring substituents is 1. The molecule has 3 aromatic carbocycles. The molecule has 7 rings (SSSR count). The highest BCUT2D eigenvalue weighted by atomic mass is 16.6. The van der Waals surface area contributed by atoms with Crippen molar-refractivity contribution in [3.8, 4) is 0 Å². The number of ketones is 1. The third-order valence-corrected chi connectivity index (χ3v) is 7.82. The predicted molar refractivity (Wildman–Crippen MR) is 123 cm³/mol. The number of rotatable bonds is 3. The first kappa shape index (κ1) is 20.5. The van der Waals surface area contributed by atoms with Gasteiger partial charge >= 0.3 is 0 Å². The van der Waals surface area contributed by atoms with Crippen molar-refractivity contribution >= 4 is 29.0 Å². The number of benzene rings is 3. The molecule has 1 aliphatic heterocycles. The van der Waals surface area contributed by atoms with Crippen molar-refractivity contribution in [3.63, 3.8) is 0 Å². The lowest BCUT2D eigenvalue weighted by molar-refractivity contribution is -0.384. The molecule has 0 unspecified atom stereocenters. The summed E-state index contributed by atoms with van der Waals surface area (Å²) in [6, 6.07) is 19.3. The Kier molecular flexibility index (Phi) is 4.03. The lowest BCUT2D eigenvalue weighted by Crippen LogP contribution is -2.57. The van der Waals surface area contributed by atoms with Crippen LogP contribution in [-0.2, 0) is 19.8 Å². The second-order valence-electron chi connectivity index (χ2n) is 9.26. The van der Waals surface area contributed by atoms with Gasteiger partial charge in [-0.3, -0.25) is 24.5 Å². The van der Waals surface area contributed by atoms with Crippen LogP contribution in [0.4, 0.5) is 11.4 Å². The summed E-state index contributed by atoms with van der Waals surface area (Å²) in [7, 11) is 0. The molecule has 2 amide bonds. The molecule has 2 atom stereocenters. The van der Waals surface area contributed by atoms with E-state index in [0.29, 0.717) is 5.56 Å². The van der Waals surface area contributed by atoms with Crippen LogP contribution in [0.15, 0.2) is 66.7 Å². The Morgan fingerprint density at radius 2 is 1.53 bits per heavy atom. The molecule has 34 heavy (non-hydrogen) atoms. The number of hydrogen-bond donors (Lipinski definition) is 0. The van der Waals surface area contributed by atoms with Crippen LogP contribution in [-0.4, -0.2) is 22.5 Å². The fourth-order valence-electron chi connectivity index (χ4n) is 6.56. The van der Waals surface area contributed by atoms with Crippen LogP contribution in [0.1, 0.15) is 40.7 Å². The third-order valence-electron chi connectivity index (χ3n) is 7.82. The summed E-state index contributed by atoms with van der Waals surface area (Å²) in [5, 5.41) is 11.4. The molecule has 3 aliphatic carbocycles. The van der Waals surface area contributed by atoms with Crippen molar-refractivity contribution in [1.29, 1.82) is 0 Å². The number of carbonyl (C=O) groups excluding carboxylic acids is 3. The smallest absolute Gasteiger partial charge is 0.271 e. The number of non-ortho nitro benzene ring substituents is 1. The molecule has 1 fully saturated rings. The predicted octanol–water partition coefficient (Wildman–Crippen LogP) is 4.04. The van der Waals surface area contributed by atoms with Crippen LogP contribution < -0.4 is 4.90 Å². The van der Waals surface area contributed by atoms with Gasteiger partial charge < -0.3 is 0 Å². The van der Waals surface area contributed by atoms with Crippen molar-refractivity contribution in [1.82, 2.24) is 0 Å². The molecule has 2 bridgehead atoms. The largest absolute Gasteiger partial charge is 0.299 e. The second-order valence-corrected chi connectivity index (χ2v) is 9.26. The number of hydrogen-bond acceptors (Lipinski definition) is 5. The Balaban J connectivity index is 1.65. The molecule has 0 radical (unpaired) electrons. The van der Waals surface area contributed by atoms with Crippen molar-refractivity contribution in [3.05, 3.63) is 105 Å². The second kappa shape index (κ2) is 6.70. The van der Waals surface area contributed by atoms with Crippen LogP contribution >= 0.6 is 0 Å². The van der Waals surface area contributed by atoms with Gasteiger partial charge in [-0.15, -0.1) is 0 Å². The van der Waals surface area contributed by atoms with E-state index in [1.807, 2.05) is 48.5 Å². The van der Waals surface area contributed by atoms with Gasteiger partial charge in [0.25, 0.3) is 5.69 Å². The van der Waals surface area contributed by atoms with E-state index < -0.39 is 34.0 Å². The lowest BCUT2D eigenvalue weighted by atomic mass is 9.46. The molecule has 0 spiro atoms. The lowest BCUT2D eigenvalue weighted by Gasteiger charge is -2.52. The maximum absolute atomic E-state index is 14.1. The van der Waals surface area contributed by atoms with E-state index in [-0.39, 0.29) is 23.1 Å². The average molecular weight is 452 g/mol. The van der Waals surface area contributed by atoms with E-state index in [1.165, 1.54) is 25.1 Å². The third kappa shape index (κ3) is 2.24. The molecule has 7 heteroatoms. The monoisotopic (exact) mass is 452 g/mol. The highest BCUT2D eigenvalue weighted by molar-refractivity contribution is 6.26. The Morgan fingerprint density at radius 3 is 2.09 bits per heavy atom. The van der Waals surface area contributed by atoms with E-state index in [4.69, 9.17) is 0 Å². The van der Waals surface area contributed by atoms with Gasteiger partial charge in [-0.25, -0.2) is 4.90 Å². The molecule has 0 saturated carbocycles. The topological polar surface area (TPSA) is 97.6 Å². The zero-order valence-electron chi connectivity index (χ0n) is 18.5. The molecule has 0 N–H and O–H groups in total. The summed E-state index contributed by atoms with van der Waals surface area (Å²) < 4.78 is 0. The fraction of sp³-hybridized carbons (Fsp3) is 0.222. The SMILES string of the molecule is CC(=O)C12c3ccccc3C(c3ccccc31)[C@H]1C(=O)N(c3cc([N+](=O)[O-])ccc3C)C(=O)[C@@H]12. The molecule has 7 nitrogen and oxygen atoms in total. The molecule has 168 valence electrons. The number of aryl methyl sites for hydroxylation is 1. The highest BCUT2D eigenvalue weighted by Gasteiger charge is 2.70. The van der Waals surface area contributed by atoms with Crippen molar-refractivity contribution in [2.24, 2.45) is 11.8 Å². The Labute approximate surface area is 195 Å². The number of anilines is 1. The van der Waals surface area contributed by atoms with Gasteiger partial charge in [-0.05, 0) is 41.7 Å². The normalized spacial score (nSPS) is 26.2. The Morgan fingerprint density at radius 1 is 0.941 bits per heavy atom. The van der Waals surface area contributed by atoms with Gasteiger partial charge in [0.15, 0.2) is 0 Å². The van der Waals surface area contributed by atoms with Gasteiger partial charge in [0.05, 0.1) is 27.9 Å². The van der Waals surface area contributed by atoms with Crippen LogP contribution in [0.25, 0.3) is 0 Å². The molecule has 1 saturated heterocycles. The zero-order chi connectivity index (χ0) is 23.9. The van der Waals surface area contributed by atoms with Crippen LogP contribution in [0, 0.1) is 28.9 Å². The van der Waals surface area contributed by atoms with Crippen LogP contribution in [0.3, 0.4) is 0 Å². The molecule has 3 aromatic rings. The summed E-state index contributed by atoms with van der Waals surface area (Å²) >= 11 is 0. The Hall–Kier alpha value is -4.13. The number of Topliss-reactive ketones (excluding diaryl/α,β-unsaturated/α-hetero) is 1. The highest BCUT2D eigenvalue weighted by Crippen LogP contribution is 2.64. The van der Waals surface area contributed by atoms with Crippen LogP contribution in [0.2, 0.25) is 0 Å². The maximum Gasteiger partial charge on any atom is 0.271 e. The van der Waals surface area contributed by atoms with Crippen LogP contribution in [0.5, 0.6) is 0 Å². The first-order chi connectivity index (χ1) is 16.3. The quantitative estimate of drug-likeness (QED) is 0.339. The molecule has 4 aliphatic rings. The van der Waals surface area contributed by atoms with Crippen molar-refractivity contribution in [2.75, 3.05) is 4.90 Å². The number of imide groups is 1. The molecular formula is C27H20N2O5. The van der Waals surface area contributed by atoms with E-state index >= 15 is 0 Å². The minimum Gasteiger partial charge on any atom is -0.299 e. The summed E-state index contributed by atoms with van der Waals surface area (Å²) in [5.74, 6) is -3.15. The van der Waals surface area contributed by atoms with E-state index in [1.54, 1.807) is 6.92 Å². The van der Waals surface area contributed by atoms with Gasteiger partial charge in [0.1, 0.15) is 5.78 Å². The van der Waals surface area contributed by atoms with E-state index in [2.05, 4.69) is 0 Å². The molecular weight excluding hydrogens is 432 g/mol. The summed E-state index contributed by atoms with van der Waals surface area (Å²) in [4.78, 5) is 53.6. The van der Waals surface area contributed by atoms with Crippen molar-refractivity contribution < 1.29 is 19.3 Å². The number of nitrogens with zero attached hydrogens (tertiary/aromatic N) is 2. The fourth-order valence-corrected chi connectivity index (χ4v) is 6.56. The minimum absolute atomic E-state index is 0.195. The van der Waals surface area contributed by atoms with Gasteiger partial charge in [-0.1, -0.05) is 54.6 Å². The van der Waals surface area contributed by atoms with Gasteiger partial charge in [-0.2, -0.15) is 0 Å². The summed E-state index contributed by atoms with van der Waals surface area (Å²) in [6.07, 6.45) is 0. The first-order valence-electron chi connectivity index (χ1n) is 11.1. The Bertz CT molecular complexity index is 1410. The summed E-state index contributed by atoms with van der Waals surface area (Å²) in [5.41, 5.74) is 2.59. The van der Waals surface area contributed by atoms with Crippen molar-refractivity contribution in [2.45, 2.75) is 25.2 Å². The van der Waals surface area contributed by atoms with Gasteiger partial charge in [0.2, 0.25) is 11.8 Å². The maximum atomic E-state index is 14.1.